The van der Waals surface area contributed by atoms with Gasteiger partial charge in [-0.15, -0.1) is 0 Å². The Hall–Kier alpha value is -2.93. The molecule has 0 spiro atoms. The fourth-order valence-corrected chi connectivity index (χ4v) is 5.76. The zero-order chi connectivity index (χ0) is 24.9. The molecular weight excluding hydrogens is 452 g/mol. The molecule has 7 nitrogen and oxygen atoms in total. The lowest BCUT2D eigenvalue weighted by molar-refractivity contribution is -0.138. The minimum atomic E-state index is -0.887. The summed E-state index contributed by atoms with van der Waals surface area (Å²) in [6, 6.07) is 11.9. The smallest absolute Gasteiger partial charge is 0.305 e. The fraction of sp³-hybridized carbons (Fsp3) is 0.552. The van der Waals surface area contributed by atoms with Gasteiger partial charge in [-0.2, -0.15) is 0 Å². The highest BCUT2D eigenvalue weighted by molar-refractivity contribution is 5.80. The van der Waals surface area contributed by atoms with Crippen LogP contribution in [-0.2, 0) is 22.4 Å². The fourth-order valence-electron chi connectivity index (χ4n) is 5.76. The second-order valence-electron chi connectivity index (χ2n) is 10.6. The van der Waals surface area contributed by atoms with Crippen molar-refractivity contribution in [3.05, 3.63) is 58.8 Å². The molecule has 1 saturated carbocycles. The van der Waals surface area contributed by atoms with Crippen molar-refractivity contribution in [1.29, 1.82) is 0 Å². The number of aromatic nitrogens is 1. The summed E-state index contributed by atoms with van der Waals surface area (Å²) < 4.78 is 0. The van der Waals surface area contributed by atoms with Crippen molar-refractivity contribution in [1.82, 2.24) is 15.2 Å². The molecule has 5 rings (SSSR count). The van der Waals surface area contributed by atoms with Gasteiger partial charge in [0.15, 0.2) is 0 Å². The van der Waals surface area contributed by atoms with Crippen LogP contribution < -0.4 is 10.6 Å². The molecule has 1 aromatic carbocycles. The molecule has 1 aromatic heterocycles. The van der Waals surface area contributed by atoms with E-state index in [0.29, 0.717) is 5.92 Å². The number of aryl methyl sites for hydroxylation is 2. The van der Waals surface area contributed by atoms with Crippen LogP contribution in [0.15, 0.2) is 36.4 Å². The maximum Gasteiger partial charge on any atom is 0.305 e. The highest BCUT2D eigenvalue weighted by Gasteiger charge is 2.32. The molecule has 1 aliphatic carbocycles. The average Bonchev–Trinajstić information content (AvgIpc) is 3.74. The van der Waals surface area contributed by atoms with Gasteiger partial charge in [-0.3, -0.25) is 9.59 Å². The number of hydrogen-bond acceptors (Lipinski definition) is 5. The molecule has 36 heavy (non-hydrogen) atoms. The van der Waals surface area contributed by atoms with E-state index in [1.165, 1.54) is 17.5 Å². The predicted molar refractivity (Wildman–Crippen MR) is 140 cm³/mol. The monoisotopic (exact) mass is 490 g/mol. The number of aliphatic carboxylic acids is 1. The zero-order valence-electron chi connectivity index (χ0n) is 21.0. The molecule has 0 bridgehead atoms. The lowest BCUT2D eigenvalue weighted by atomic mass is 9.92. The van der Waals surface area contributed by atoms with E-state index in [9.17, 15) is 14.7 Å². The highest BCUT2D eigenvalue weighted by atomic mass is 16.4. The first-order chi connectivity index (χ1) is 17.6. The third kappa shape index (κ3) is 6.25. The molecule has 2 atom stereocenters. The van der Waals surface area contributed by atoms with Gasteiger partial charge < -0.3 is 20.6 Å². The summed E-state index contributed by atoms with van der Waals surface area (Å²) in [5, 5.41) is 16.1. The van der Waals surface area contributed by atoms with Crippen LogP contribution in [-0.4, -0.2) is 53.0 Å². The number of benzene rings is 1. The van der Waals surface area contributed by atoms with Crippen LogP contribution in [0.4, 0.5) is 5.82 Å². The van der Waals surface area contributed by atoms with Gasteiger partial charge in [-0.05, 0) is 93.1 Å². The van der Waals surface area contributed by atoms with Gasteiger partial charge in [0.2, 0.25) is 5.91 Å². The number of rotatable bonds is 10. The normalized spacial score (nSPS) is 20.7. The SMILES string of the molecule is O=C(O)C[C@H](NC(=O)[C@@H]1CCCN(CCCc2ccc3c(n2)NCCC3)C1)c1ccccc1C1CC1. The van der Waals surface area contributed by atoms with Gasteiger partial charge in [0, 0.05) is 18.8 Å². The largest absolute Gasteiger partial charge is 0.481 e. The summed E-state index contributed by atoms with van der Waals surface area (Å²) in [6.45, 7) is 3.68. The number of anilines is 1. The molecule has 1 saturated heterocycles. The Bertz CT molecular complexity index is 1080. The van der Waals surface area contributed by atoms with Crippen LogP contribution in [0.3, 0.4) is 0 Å². The number of likely N-dealkylation sites (tertiary alicyclic amines) is 1. The van der Waals surface area contributed by atoms with Crippen LogP contribution in [0.2, 0.25) is 0 Å². The molecule has 1 amide bonds. The van der Waals surface area contributed by atoms with Crippen LogP contribution in [0.5, 0.6) is 0 Å². The summed E-state index contributed by atoms with van der Waals surface area (Å²) in [7, 11) is 0. The molecular formula is C29H38N4O3. The summed E-state index contributed by atoms with van der Waals surface area (Å²) in [4.78, 5) is 32.1. The maximum atomic E-state index is 13.3. The number of amides is 1. The highest BCUT2D eigenvalue weighted by Crippen LogP contribution is 2.43. The third-order valence-electron chi connectivity index (χ3n) is 7.82. The van der Waals surface area contributed by atoms with E-state index in [1.54, 1.807) is 0 Å². The van der Waals surface area contributed by atoms with Crippen molar-refractivity contribution < 1.29 is 14.7 Å². The Morgan fingerprint density at radius 2 is 2.00 bits per heavy atom. The Labute approximate surface area is 213 Å². The molecule has 2 fully saturated rings. The molecule has 7 heteroatoms. The van der Waals surface area contributed by atoms with E-state index in [0.717, 1.165) is 88.2 Å². The number of nitrogens with one attached hydrogen (secondary N) is 2. The quantitative estimate of drug-likeness (QED) is 0.460. The average molecular weight is 491 g/mol. The van der Waals surface area contributed by atoms with E-state index in [1.807, 2.05) is 18.2 Å². The zero-order valence-corrected chi connectivity index (χ0v) is 21.0. The van der Waals surface area contributed by atoms with Crippen molar-refractivity contribution in [3.63, 3.8) is 0 Å². The Morgan fingerprint density at radius 3 is 2.83 bits per heavy atom. The van der Waals surface area contributed by atoms with E-state index in [2.05, 4.69) is 33.7 Å². The number of hydrogen-bond donors (Lipinski definition) is 3. The van der Waals surface area contributed by atoms with E-state index >= 15 is 0 Å². The molecule has 3 N–H and O–H groups in total. The van der Waals surface area contributed by atoms with Crippen LogP contribution in [0.25, 0.3) is 0 Å². The molecule has 2 aromatic rings. The van der Waals surface area contributed by atoms with Crippen LogP contribution in [0, 0.1) is 5.92 Å². The van der Waals surface area contributed by atoms with Crippen molar-refractivity contribution >= 4 is 17.7 Å². The number of piperidine rings is 1. The molecule has 3 heterocycles. The molecule has 3 aliphatic rings. The van der Waals surface area contributed by atoms with E-state index in [4.69, 9.17) is 4.98 Å². The second kappa shape index (κ2) is 11.4. The first-order valence-electron chi connectivity index (χ1n) is 13.6. The minimum absolute atomic E-state index is 0.0148. The number of pyridine rings is 1. The predicted octanol–water partition coefficient (Wildman–Crippen LogP) is 4.29. The summed E-state index contributed by atoms with van der Waals surface area (Å²) >= 11 is 0. The Morgan fingerprint density at radius 1 is 1.14 bits per heavy atom. The topological polar surface area (TPSA) is 94.6 Å². The van der Waals surface area contributed by atoms with E-state index in [-0.39, 0.29) is 18.2 Å². The maximum absolute atomic E-state index is 13.3. The van der Waals surface area contributed by atoms with Gasteiger partial charge in [-0.25, -0.2) is 4.98 Å². The lowest BCUT2D eigenvalue weighted by Gasteiger charge is -2.33. The van der Waals surface area contributed by atoms with Crippen molar-refractivity contribution in [3.8, 4) is 0 Å². The summed E-state index contributed by atoms with van der Waals surface area (Å²) in [6.07, 6.45) is 8.24. The first-order valence-corrected chi connectivity index (χ1v) is 13.6. The molecule has 2 aliphatic heterocycles. The number of carboxylic acids is 1. The van der Waals surface area contributed by atoms with Crippen molar-refractivity contribution in [2.45, 2.75) is 69.7 Å². The molecule has 0 radical (unpaired) electrons. The van der Waals surface area contributed by atoms with Gasteiger partial charge in [0.1, 0.15) is 5.82 Å². The summed E-state index contributed by atoms with van der Waals surface area (Å²) in [5.74, 6) is 0.544. The van der Waals surface area contributed by atoms with E-state index < -0.39 is 12.0 Å². The van der Waals surface area contributed by atoms with Gasteiger partial charge in [0.25, 0.3) is 0 Å². The first kappa shape index (κ1) is 24.8. The lowest BCUT2D eigenvalue weighted by Crippen LogP contribution is -2.44. The number of fused-ring (bicyclic) bond motifs is 1. The van der Waals surface area contributed by atoms with Gasteiger partial charge in [-0.1, -0.05) is 30.3 Å². The number of carbonyl (C=O) groups is 2. The number of nitrogens with zero attached hydrogens (tertiary/aromatic N) is 2. The van der Waals surface area contributed by atoms with Crippen LogP contribution in [0.1, 0.15) is 79.3 Å². The minimum Gasteiger partial charge on any atom is -0.481 e. The van der Waals surface area contributed by atoms with Gasteiger partial charge >= 0.3 is 5.97 Å². The van der Waals surface area contributed by atoms with Crippen LogP contribution >= 0.6 is 0 Å². The second-order valence-corrected chi connectivity index (χ2v) is 10.6. The Kier molecular flexibility index (Phi) is 7.85. The Balaban J connectivity index is 1.15. The number of carbonyl (C=O) groups excluding carboxylic acids is 1. The standard InChI is InChI=1S/C29H38N4O3/c34-27(35)18-26(25-10-2-1-9-24(25)20-11-12-20)32-29(36)22-7-4-16-33(19-22)17-5-8-23-14-13-21-6-3-15-30-28(21)31-23/h1-2,9-10,13-14,20,22,26H,3-8,11-12,15-19H2,(H,30,31)(H,32,36)(H,34,35)/t22-,26+/m1/s1. The molecule has 192 valence electrons. The third-order valence-corrected chi connectivity index (χ3v) is 7.82. The number of carboxylic acid groups (broad SMARTS) is 1. The van der Waals surface area contributed by atoms with Crippen molar-refractivity contribution in [2.75, 3.05) is 31.5 Å². The van der Waals surface area contributed by atoms with Crippen molar-refractivity contribution in [2.24, 2.45) is 5.92 Å². The molecule has 0 unspecified atom stereocenters. The van der Waals surface area contributed by atoms with Gasteiger partial charge in [0.05, 0.1) is 18.4 Å². The summed E-state index contributed by atoms with van der Waals surface area (Å²) in [5.41, 5.74) is 4.60.